The maximum absolute atomic E-state index is 5.25. The molecule has 0 aliphatic carbocycles. The zero-order valence-electron chi connectivity index (χ0n) is 14.4. The predicted molar refractivity (Wildman–Crippen MR) is 104 cm³/mol. The second kappa shape index (κ2) is 9.03. The average molecular weight is 411 g/mol. The molecule has 7 heteroatoms. The van der Waals surface area contributed by atoms with Crippen molar-refractivity contribution in [3.63, 3.8) is 0 Å². The fraction of sp³-hybridized carbons (Fsp3) is 0.412. The van der Waals surface area contributed by atoms with Gasteiger partial charge in [0.15, 0.2) is 5.96 Å². The van der Waals surface area contributed by atoms with Crippen molar-refractivity contribution in [2.75, 3.05) is 13.7 Å². The van der Waals surface area contributed by atoms with Crippen molar-refractivity contribution < 1.29 is 4.74 Å². The van der Waals surface area contributed by atoms with E-state index in [1.807, 2.05) is 25.1 Å². The van der Waals surface area contributed by atoms with Crippen molar-refractivity contribution in [1.29, 1.82) is 0 Å². The number of guanidine groups is 1. The lowest BCUT2D eigenvalue weighted by atomic mass is 10.2. The van der Waals surface area contributed by atoms with Gasteiger partial charge in [0.05, 0.1) is 30.4 Å². The van der Waals surface area contributed by atoms with E-state index in [1.54, 1.807) is 18.4 Å². The SMILES string of the molecule is CCNC(=NCc1ccc(OC)c(Br)c1)NCc1nc(C)c(C)s1. The third kappa shape index (κ3) is 5.21. The van der Waals surface area contributed by atoms with Crippen LogP contribution in [0.15, 0.2) is 27.7 Å². The van der Waals surface area contributed by atoms with Gasteiger partial charge in [0.2, 0.25) is 0 Å². The fourth-order valence-corrected chi connectivity index (χ4v) is 3.56. The highest BCUT2D eigenvalue weighted by Crippen LogP contribution is 2.25. The molecule has 0 bridgehead atoms. The van der Waals surface area contributed by atoms with Gasteiger partial charge in [-0.2, -0.15) is 0 Å². The van der Waals surface area contributed by atoms with E-state index in [1.165, 1.54) is 4.88 Å². The summed E-state index contributed by atoms with van der Waals surface area (Å²) >= 11 is 5.22. The summed E-state index contributed by atoms with van der Waals surface area (Å²) in [5.74, 6) is 1.61. The number of hydrogen-bond donors (Lipinski definition) is 2. The van der Waals surface area contributed by atoms with E-state index in [4.69, 9.17) is 4.74 Å². The van der Waals surface area contributed by atoms with Gasteiger partial charge in [-0.05, 0) is 54.4 Å². The molecule has 0 aliphatic rings. The molecule has 5 nitrogen and oxygen atoms in total. The summed E-state index contributed by atoms with van der Waals surface area (Å²) in [7, 11) is 1.66. The first-order chi connectivity index (χ1) is 11.5. The Balaban J connectivity index is 2.00. The Hall–Kier alpha value is -1.60. The van der Waals surface area contributed by atoms with Crippen LogP contribution < -0.4 is 15.4 Å². The number of methoxy groups -OCH3 is 1. The Bertz CT molecular complexity index is 695. The standard InChI is InChI=1S/C17H23BrN4OS/c1-5-19-17(21-10-16-22-11(2)12(3)24-16)20-9-13-6-7-15(23-4)14(18)8-13/h6-8H,5,9-10H2,1-4H3,(H2,19,20,21). The monoisotopic (exact) mass is 410 g/mol. The van der Waals surface area contributed by atoms with E-state index in [2.05, 4.69) is 50.4 Å². The molecule has 2 N–H and O–H groups in total. The zero-order chi connectivity index (χ0) is 17.5. The summed E-state index contributed by atoms with van der Waals surface area (Å²) in [6, 6.07) is 5.99. The number of aromatic nitrogens is 1. The molecule has 2 aromatic rings. The Morgan fingerprint density at radius 1 is 1.33 bits per heavy atom. The molecule has 1 aromatic heterocycles. The second-order valence-electron chi connectivity index (χ2n) is 5.27. The minimum atomic E-state index is 0.591. The summed E-state index contributed by atoms with van der Waals surface area (Å²) in [5.41, 5.74) is 2.21. The molecule has 0 aliphatic heterocycles. The van der Waals surface area contributed by atoms with Crippen LogP contribution >= 0.6 is 27.3 Å². The van der Waals surface area contributed by atoms with Crippen molar-refractivity contribution in [1.82, 2.24) is 15.6 Å². The van der Waals surface area contributed by atoms with Crippen LogP contribution in [0.25, 0.3) is 0 Å². The van der Waals surface area contributed by atoms with Gasteiger partial charge in [0.25, 0.3) is 0 Å². The van der Waals surface area contributed by atoms with Crippen LogP contribution in [0.3, 0.4) is 0 Å². The third-order valence-corrected chi connectivity index (χ3v) is 5.15. The van der Waals surface area contributed by atoms with E-state index in [9.17, 15) is 0 Å². The molecule has 0 saturated heterocycles. The number of aliphatic imine (C=N–C) groups is 1. The molecule has 0 saturated carbocycles. The topological polar surface area (TPSA) is 58.5 Å². The van der Waals surface area contributed by atoms with Crippen molar-refractivity contribution in [3.8, 4) is 5.75 Å². The van der Waals surface area contributed by atoms with Crippen LogP contribution in [0.4, 0.5) is 0 Å². The average Bonchev–Trinajstić information content (AvgIpc) is 2.88. The van der Waals surface area contributed by atoms with E-state index in [0.29, 0.717) is 13.1 Å². The minimum absolute atomic E-state index is 0.591. The summed E-state index contributed by atoms with van der Waals surface area (Å²) in [4.78, 5) is 10.4. The summed E-state index contributed by atoms with van der Waals surface area (Å²) in [5, 5.41) is 7.67. The first kappa shape index (κ1) is 18.7. The quantitative estimate of drug-likeness (QED) is 0.561. The molecule has 130 valence electrons. The number of benzene rings is 1. The van der Waals surface area contributed by atoms with Gasteiger partial charge in [-0.15, -0.1) is 11.3 Å². The fourth-order valence-electron chi connectivity index (χ4n) is 2.09. The zero-order valence-corrected chi connectivity index (χ0v) is 16.8. The molecular weight excluding hydrogens is 388 g/mol. The molecule has 0 unspecified atom stereocenters. The maximum Gasteiger partial charge on any atom is 0.191 e. The van der Waals surface area contributed by atoms with Crippen molar-refractivity contribution in [2.24, 2.45) is 4.99 Å². The van der Waals surface area contributed by atoms with Crippen LogP contribution in [0.1, 0.15) is 28.1 Å². The van der Waals surface area contributed by atoms with Crippen LogP contribution in [-0.2, 0) is 13.1 Å². The Kier molecular flexibility index (Phi) is 7.05. The summed E-state index contributed by atoms with van der Waals surface area (Å²) in [6.45, 7) is 8.27. The normalized spacial score (nSPS) is 11.5. The van der Waals surface area contributed by atoms with Crippen LogP contribution in [0.5, 0.6) is 5.75 Å². The summed E-state index contributed by atoms with van der Waals surface area (Å²) < 4.78 is 6.18. The number of ether oxygens (including phenoxy) is 1. The second-order valence-corrected chi connectivity index (χ2v) is 7.41. The molecule has 0 atom stereocenters. The number of nitrogens with one attached hydrogen (secondary N) is 2. The lowest BCUT2D eigenvalue weighted by Crippen LogP contribution is -2.36. The molecule has 1 aromatic carbocycles. The van der Waals surface area contributed by atoms with Crippen molar-refractivity contribution in [3.05, 3.63) is 43.8 Å². The molecule has 2 rings (SSSR count). The van der Waals surface area contributed by atoms with Crippen LogP contribution in [0.2, 0.25) is 0 Å². The highest BCUT2D eigenvalue weighted by Gasteiger charge is 2.05. The molecule has 0 amide bonds. The molecular formula is C17H23BrN4OS. The Labute approximate surface area is 155 Å². The largest absolute Gasteiger partial charge is 0.496 e. The number of hydrogen-bond acceptors (Lipinski definition) is 4. The van der Waals surface area contributed by atoms with Crippen LogP contribution in [0, 0.1) is 13.8 Å². The van der Waals surface area contributed by atoms with E-state index < -0.39 is 0 Å². The lowest BCUT2D eigenvalue weighted by molar-refractivity contribution is 0.412. The Morgan fingerprint density at radius 3 is 2.71 bits per heavy atom. The van der Waals surface area contributed by atoms with Crippen molar-refractivity contribution in [2.45, 2.75) is 33.9 Å². The smallest absolute Gasteiger partial charge is 0.191 e. The van der Waals surface area contributed by atoms with Crippen molar-refractivity contribution >= 4 is 33.2 Å². The first-order valence-corrected chi connectivity index (χ1v) is 9.42. The summed E-state index contributed by atoms with van der Waals surface area (Å²) in [6.07, 6.45) is 0. The predicted octanol–water partition coefficient (Wildman–Crippen LogP) is 3.79. The van der Waals surface area contributed by atoms with Crippen LogP contribution in [-0.4, -0.2) is 24.6 Å². The first-order valence-electron chi connectivity index (χ1n) is 7.81. The number of nitrogens with zero attached hydrogens (tertiary/aromatic N) is 2. The van der Waals surface area contributed by atoms with Gasteiger partial charge in [-0.3, -0.25) is 0 Å². The molecule has 0 fully saturated rings. The van der Waals surface area contributed by atoms with Gasteiger partial charge in [-0.1, -0.05) is 6.07 Å². The number of rotatable bonds is 6. The molecule has 0 radical (unpaired) electrons. The molecule has 0 spiro atoms. The number of thiazole rings is 1. The lowest BCUT2D eigenvalue weighted by Gasteiger charge is -2.10. The number of aryl methyl sites for hydroxylation is 2. The minimum Gasteiger partial charge on any atom is -0.496 e. The Morgan fingerprint density at radius 2 is 2.12 bits per heavy atom. The van der Waals surface area contributed by atoms with Gasteiger partial charge >= 0.3 is 0 Å². The number of halogens is 1. The van der Waals surface area contributed by atoms with Gasteiger partial charge in [0, 0.05) is 11.4 Å². The highest BCUT2D eigenvalue weighted by atomic mass is 79.9. The van der Waals surface area contributed by atoms with Gasteiger partial charge < -0.3 is 15.4 Å². The van der Waals surface area contributed by atoms with Gasteiger partial charge in [-0.25, -0.2) is 9.98 Å². The van der Waals surface area contributed by atoms with E-state index >= 15 is 0 Å². The van der Waals surface area contributed by atoms with Gasteiger partial charge in [0.1, 0.15) is 10.8 Å². The molecule has 1 heterocycles. The van der Waals surface area contributed by atoms with E-state index in [-0.39, 0.29) is 0 Å². The maximum atomic E-state index is 5.25. The van der Waals surface area contributed by atoms with E-state index in [0.717, 1.165) is 39.0 Å². The highest BCUT2D eigenvalue weighted by molar-refractivity contribution is 9.10. The molecule has 24 heavy (non-hydrogen) atoms. The third-order valence-electron chi connectivity index (χ3n) is 3.46.